The maximum Gasteiger partial charge on any atom is 0.335 e. The Balaban J connectivity index is 2.07. The van der Waals surface area contributed by atoms with Crippen LogP contribution in [-0.2, 0) is 6.54 Å². The number of pyridine rings is 1. The van der Waals surface area contributed by atoms with E-state index in [4.69, 9.17) is 5.11 Å². The van der Waals surface area contributed by atoms with Crippen molar-refractivity contribution in [3.8, 4) is 0 Å². The number of carboxylic acids is 1. The number of carbonyl (C=O) groups is 1. The van der Waals surface area contributed by atoms with Crippen LogP contribution < -0.4 is 5.32 Å². The van der Waals surface area contributed by atoms with Crippen LogP contribution in [0.1, 0.15) is 15.9 Å². The summed E-state index contributed by atoms with van der Waals surface area (Å²) in [7, 11) is 0. The minimum Gasteiger partial charge on any atom is -0.478 e. The molecule has 0 saturated heterocycles. The molecule has 0 fully saturated rings. The molecular formula is C13H10F2N2O2. The second-order valence-corrected chi connectivity index (χ2v) is 3.84. The van der Waals surface area contributed by atoms with Crippen LogP contribution in [0, 0.1) is 11.6 Å². The van der Waals surface area contributed by atoms with E-state index in [-0.39, 0.29) is 12.1 Å². The van der Waals surface area contributed by atoms with E-state index in [1.165, 1.54) is 24.4 Å². The van der Waals surface area contributed by atoms with E-state index < -0.39 is 17.6 Å². The van der Waals surface area contributed by atoms with Crippen molar-refractivity contribution in [1.82, 2.24) is 4.98 Å². The van der Waals surface area contributed by atoms with Crippen LogP contribution in [0.3, 0.4) is 0 Å². The Bertz CT molecular complexity index is 617. The Hall–Kier alpha value is -2.50. The van der Waals surface area contributed by atoms with Gasteiger partial charge in [0.15, 0.2) is 11.6 Å². The average Bonchev–Trinajstić information content (AvgIpc) is 2.40. The lowest BCUT2D eigenvalue weighted by Crippen LogP contribution is -2.04. The predicted molar refractivity (Wildman–Crippen MR) is 64.9 cm³/mol. The molecule has 0 bridgehead atoms. The van der Waals surface area contributed by atoms with Crippen LogP contribution in [0.25, 0.3) is 0 Å². The van der Waals surface area contributed by atoms with Crippen molar-refractivity contribution in [1.29, 1.82) is 0 Å². The van der Waals surface area contributed by atoms with Crippen LogP contribution in [0.15, 0.2) is 36.5 Å². The Kier molecular flexibility index (Phi) is 3.70. The molecular weight excluding hydrogens is 254 g/mol. The molecule has 98 valence electrons. The second-order valence-electron chi connectivity index (χ2n) is 3.84. The highest BCUT2D eigenvalue weighted by Crippen LogP contribution is 2.12. The summed E-state index contributed by atoms with van der Waals surface area (Å²) in [5.74, 6) is -2.54. The van der Waals surface area contributed by atoms with Crippen molar-refractivity contribution in [2.24, 2.45) is 0 Å². The quantitative estimate of drug-likeness (QED) is 0.891. The largest absolute Gasteiger partial charge is 0.478 e. The number of nitrogens with zero attached hydrogens (tertiary/aromatic N) is 1. The minimum atomic E-state index is -1.06. The first-order valence-corrected chi connectivity index (χ1v) is 5.43. The number of hydrogen-bond acceptors (Lipinski definition) is 3. The molecule has 1 aromatic heterocycles. The molecule has 0 aliphatic heterocycles. The molecule has 1 aromatic carbocycles. The highest BCUT2D eigenvalue weighted by Gasteiger charge is 2.05. The zero-order valence-corrected chi connectivity index (χ0v) is 9.73. The van der Waals surface area contributed by atoms with Gasteiger partial charge in [0.25, 0.3) is 0 Å². The Morgan fingerprint density at radius 2 is 2.00 bits per heavy atom. The number of anilines is 1. The standard InChI is InChI=1S/C13H10F2N2O2/c14-10-2-1-8(5-11(10)15)7-17-12-6-9(13(18)19)3-4-16-12/h1-6H,7H2,(H,16,17)(H,18,19). The highest BCUT2D eigenvalue weighted by atomic mass is 19.2. The van der Waals surface area contributed by atoms with E-state index in [9.17, 15) is 13.6 Å². The summed E-state index contributed by atoms with van der Waals surface area (Å²) >= 11 is 0. The molecule has 0 unspecified atom stereocenters. The van der Waals surface area contributed by atoms with Gasteiger partial charge in [-0.05, 0) is 29.8 Å². The van der Waals surface area contributed by atoms with Gasteiger partial charge < -0.3 is 10.4 Å². The van der Waals surface area contributed by atoms with Gasteiger partial charge in [-0.1, -0.05) is 6.07 Å². The summed E-state index contributed by atoms with van der Waals surface area (Å²) in [6.07, 6.45) is 1.36. The maximum absolute atomic E-state index is 13.0. The third-order valence-electron chi connectivity index (χ3n) is 2.46. The molecule has 0 radical (unpaired) electrons. The number of benzene rings is 1. The van der Waals surface area contributed by atoms with Crippen LogP contribution in [0.4, 0.5) is 14.6 Å². The van der Waals surface area contributed by atoms with Gasteiger partial charge in [0.05, 0.1) is 5.56 Å². The van der Waals surface area contributed by atoms with Crippen molar-refractivity contribution in [3.05, 3.63) is 59.3 Å². The fraction of sp³-hybridized carbons (Fsp3) is 0.0769. The van der Waals surface area contributed by atoms with E-state index >= 15 is 0 Å². The molecule has 2 N–H and O–H groups in total. The number of hydrogen-bond donors (Lipinski definition) is 2. The Labute approximate surface area is 107 Å². The second kappa shape index (κ2) is 5.43. The molecule has 0 spiro atoms. The minimum absolute atomic E-state index is 0.0998. The van der Waals surface area contributed by atoms with Crippen LogP contribution in [0.2, 0.25) is 0 Å². The number of rotatable bonds is 4. The fourth-order valence-corrected chi connectivity index (χ4v) is 1.50. The molecule has 0 saturated carbocycles. The molecule has 4 nitrogen and oxygen atoms in total. The predicted octanol–water partition coefficient (Wildman–Crippen LogP) is 2.67. The summed E-state index contributed by atoms with van der Waals surface area (Å²) in [4.78, 5) is 14.7. The average molecular weight is 264 g/mol. The normalized spacial score (nSPS) is 10.2. The molecule has 2 rings (SSSR count). The first kappa shape index (κ1) is 12.9. The van der Waals surface area contributed by atoms with Crippen LogP contribution in [0.5, 0.6) is 0 Å². The van der Waals surface area contributed by atoms with Crippen molar-refractivity contribution in [2.45, 2.75) is 6.54 Å². The first-order chi connectivity index (χ1) is 9.06. The first-order valence-electron chi connectivity index (χ1n) is 5.43. The lowest BCUT2D eigenvalue weighted by Gasteiger charge is -2.06. The summed E-state index contributed by atoms with van der Waals surface area (Å²) in [6, 6.07) is 6.27. The number of aromatic carboxylic acids is 1. The summed E-state index contributed by atoms with van der Waals surface area (Å²) in [6.45, 7) is 0.216. The Morgan fingerprint density at radius 1 is 1.21 bits per heavy atom. The number of carboxylic acid groups (broad SMARTS) is 1. The van der Waals surface area contributed by atoms with Gasteiger partial charge in [-0.3, -0.25) is 0 Å². The molecule has 0 atom stereocenters. The smallest absolute Gasteiger partial charge is 0.335 e. The van der Waals surface area contributed by atoms with E-state index in [0.717, 1.165) is 12.1 Å². The maximum atomic E-state index is 13.0. The molecule has 0 aliphatic carbocycles. The van der Waals surface area contributed by atoms with Gasteiger partial charge in [-0.15, -0.1) is 0 Å². The third-order valence-corrected chi connectivity index (χ3v) is 2.46. The van der Waals surface area contributed by atoms with Gasteiger partial charge in [0, 0.05) is 12.7 Å². The summed E-state index contributed by atoms with van der Waals surface area (Å²) < 4.78 is 25.7. The number of nitrogens with one attached hydrogen (secondary N) is 1. The molecule has 6 heteroatoms. The molecule has 19 heavy (non-hydrogen) atoms. The lowest BCUT2D eigenvalue weighted by molar-refractivity contribution is 0.0697. The van der Waals surface area contributed by atoms with Crippen molar-refractivity contribution >= 4 is 11.8 Å². The van der Waals surface area contributed by atoms with E-state index in [1.807, 2.05) is 0 Å². The van der Waals surface area contributed by atoms with Crippen molar-refractivity contribution in [3.63, 3.8) is 0 Å². The van der Waals surface area contributed by atoms with Gasteiger partial charge in [0.2, 0.25) is 0 Å². The highest BCUT2D eigenvalue weighted by molar-refractivity contribution is 5.88. The van der Waals surface area contributed by atoms with E-state index in [2.05, 4.69) is 10.3 Å². The molecule has 0 aliphatic rings. The van der Waals surface area contributed by atoms with Crippen LogP contribution in [-0.4, -0.2) is 16.1 Å². The van der Waals surface area contributed by atoms with Crippen molar-refractivity contribution in [2.75, 3.05) is 5.32 Å². The van der Waals surface area contributed by atoms with Gasteiger partial charge in [-0.25, -0.2) is 18.6 Å². The molecule has 0 amide bonds. The van der Waals surface area contributed by atoms with Gasteiger partial charge in [0.1, 0.15) is 5.82 Å². The Morgan fingerprint density at radius 3 is 2.68 bits per heavy atom. The fourth-order valence-electron chi connectivity index (χ4n) is 1.50. The monoisotopic (exact) mass is 264 g/mol. The van der Waals surface area contributed by atoms with Crippen LogP contribution >= 0.6 is 0 Å². The summed E-state index contributed by atoms with van der Waals surface area (Å²) in [5, 5.41) is 11.7. The zero-order valence-electron chi connectivity index (χ0n) is 9.73. The summed E-state index contributed by atoms with van der Waals surface area (Å²) in [5.41, 5.74) is 0.629. The third kappa shape index (κ3) is 3.25. The number of aromatic nitrogens is 1. The van der Waals surface area contributed by atoms with E-state index in [1.54, 1.807) is 0 Å². The van der Waals surface area contributed by atoms with Gasteiger partial charge in [-0.2, -0.15) is 0 Å². The van der Waals surface area contributed by atoms with Crippen molar-refractivity contribution < 1.29 is 18.7 Å². The number of halogens is 2. The topological polar surface area (TPSA) is 62.2 Å². The lowest BCUT2D eigenvalue weighted by atomic mass is 10.2. The van der Waals surface area contributed by atoms with E-state index in [0.29, 0.717) is 11.4 Å². The molecule has 2 aromatic rings. The molecule has 1 heterocycles. The SMILES string of the molecule is O=C(O)c1ccnc(NCc2ccc(F)c(F)c2)c1. The van der Waals surface area contributed by atoms with Gasteiger partial charge >= 0.3 is 5.97 Å². The zero-order chi connectivity index (χ0) is 13.8.